The Hall–Kier alpha value is -2.70. The summed E-state index contributed by atoms with van der Waals surface area (Å²) in [7, 11) is -3.39. The second kappa shape index (κ2) is 14.6. The Morgan fingerprint density at radius 1 is 0.824 bits per heavy atom. The third kappa shape index (κ3) is 7.70. The summed E-state index contributed by atoms with van der Waals surface area (Å²) in [5.74, 6) is -1.99. The molecule has 4 aliphatic carbocycles. The van der Waals surface area contributed by atoms with Gasteiger partial charge in [-0.25, -0.2) is 13.2 Å². The fourth-order valence-corrected chi connectivity index (χ4v) is 12.7. The van der Waals surface area contributed by atoms with Crippen LogP contribution in [-0.2, 0) is 29.0 Å². The topological polar surface area (TPSA) is 171 Å². The minimum Gasteiger partial charge on any atom is -0.347 e. The van der Waals surface area contributed by atoms with Crippen LogP contribution in [0.1, 0.15) is 137 Å². The summed E-state index contributed by atoms with van der Waals surface area (Å²) in [6.07, 6.45) is 12.7. The molecule has 0 unspecified atom stereocenters. The van der Waals surface area contributed by atoms with Crippen molar-refractivity contribution in [2.24, 2.45) is 22.7 Å². The number of piperidine rings is 1. The average molecular weight is 732 g/mol. The van der Waals surface area contributed by atoms with Gasteiger partial charge in [0.2, 0.25) is 17.6 Å². The summed E-state index contributed by atoms with van der Waals surface area (Å²) >= 11 is 0. The van der Waals surface area contributed by atoms with Gasteiger partial charge in [0.05, 0.1) is 22.6 Å². The molecule has 2 aliphatic heterocycles. The molecule has 6 atom stereocenters. The van der Waals surface area contributed by atoms with E-state index in [0.717, 1.165) is 70.6 Å². The maximum Gasteiger partial charge on any atom is 0.315 e. The standard InChI is InChI=1S/C38H61N5O7S/c1-5-14-26(30(44)33(46)39-24-16-17-24)40-32(45)29-28-25(36(28,2)3)23-43(29)34(47)31(37(4)18-9-6-10-19-37)41-35(48)42-38(20-11-7-12-21-38)27-15-8-13-22-51(27,49)50/h24-29,31H,5-23H2,1-4H3,(H,39,46)(H,40,45)(H2,41,42,48)/t25-,26+,27-,28-,29+,31-/m1/s1. The van der Waals surface area contributed by atoms with E-state index in [-0.39, 0.29) is 35.0 Å². The number of amides is 5. The molecule has 6 rings (SSSR count). The van der Waals surface area contributed by atoms with Crippen LogP contribution in [0, 0.1) is 22.7 Å². The summed E-state index contributed by atoms with van der Waals surface area (Å²) in [6, 6.07) is -3.26. The predicted octanol–water partition coefficient (Wildman–Crippen LogP) is 3.91. The number of carbonyl (C=O) groups is 5. The van der Waals surface area contributed by atoms with Crippen molar-refractivity contribution in [3.8, 4) is 0 Å². The lowest BCUT2D eigenvalue weighted by Gasteiger charge is -2.46. The molecule has 0 aromatic rings. The Morgan fingerprint density at radius 3 is 2.08 bits per heavy atom. The number of ketones is 1. The zero-order valence-electron chi connectivity index (χ0n) is 31.2. The Kier molecular flexibility index (Phi) is 10.9. The zero-order valence-corrected chi connectivity index (χ0v) is 32.0. The molecule has 0 radical (unpaired) electrons. The van der Waals surface area contributed by atoms with Crippen molar-refractivity contribution in [3.63, 3.8) is 0 Å². The number of hydrogen-bond acceptors (Lipinski definition) is 7. The van der Waals surface area contributed by atoms with Crippen LogP contribution in [0.4, 0.5) is 4.79 Å². The Labute approximate surface area is 304 Å². The normalized spacial score (nSPS) is 31.3. The van der Waals surface area contributed by atoms with E-state index in [2.05, 4.69) is 35.1 Å². The molecule has 286 valence electrons. The predicted molar refractivity (Wildman–Crippen MR) is 193 cm³/mol. The average Bonchev–Trinajstić information content (AvgIpc) is 3.94. The number of sulfone groups is 1. The van der Waals surface area contributed by atoms with Crippen LogP contribution in [-0.4, -0.2) is 90.1 Å². The molecule has 2 saturated heterocycles. The highest BCUT2D eigenvalue weighted by Gasteiger charge is 2.70. The fourth-order valence-electron chi connectivity index (χ4n) is 10.3. The van der Waals surface area contributed by atoms with Gasteiger partial charge in [-0.1, -0.05) is 79.1 Å². The van der Waals surface area contributed by atoms with Crippen LogP contribution >= 0.6 is 0 Å². The van der Waals surface area contributed by atoms with E-state index in [1.165, 1.54) is 0 Å². The monoisotopic (exact) mass is 731 g/mol. The van der Waals surface area contributed by atoms with E-state index in [0.29, 0.717) is 45.1 Å². The van der Waals surface area contributed by atoms with Gasteiger partial charge in [0.1, 0.15) is 12.1 Å². The molecule has 6 aliphatic rings. The van der Waals surface area contributed by atoms with Crippen LogP contribution in [0.25, 0.3) is 0 Å². The van der Waals surface area contributed by atoms with Gasteiger partial charge >= 0.3 is 6.03 Å². The number of Topliss-reactive ketones (excluding diaryl/α,β-unsaturated/α-hetero) is 1. The summed E-state index contributed by atoms with van der Waals surface area (Å²) in [5, 5.41) is 11.3. The lowest BCUT2D eigenvalue weighted by Crippen LogP contribution is -2.66. The Balaban J connectivity index is 1.24. The lowest BCUT2D eigenvalue weighted by atomic mass is 9.70. The number of hydrogen-bond donors (Lipinski definition) is 4. The number of urea groups is 1. The number of fused-ring (bicyclic) bond motifs is 1. The molecule has 51 heavy (non-hydrogen) atoms. The largest absolute Gasteiger partial charge is 0.347 e. The minimum atomic E-state index is -3.39. The van der Waals surface area contributed by atoms with Gasteiger partial charge < -0.3 is 26.2 Å². The third-order valence-corrected chi connectivity index (χ3v) is 16.0. The van der Waals surface area contributed by atoms with Gasteiger partial charge in [0.25, 0.3) is 5.91 Å². The zero-order chi connectivity index (χ0) is 36.8. The summed E-state index contributed by atoms with van der Waals surface area (Å²) < 4.78 is 26.8. The molecule has 4 N–H and O–H groups in total. The highest BCUT2D eigenvalue weighted by Crippen LogP contribution is 2.65. The van der Waals surface area contributed by atoms with Crippen molar-refractivity contribution >= 4 is 39.4 Å². The van der Waals surface area contributed by atoms with Gasteiger partial charge in [0, 0.05) is 12.6 Å². The molecule has 0 spiro atoms. The molecule has 0 bridgehead atoms. The number of carbonyl (C=O) groups excluding carboxylic acids is 5. The number of nitrogens with zero attached hydrogens (tertiary/aromatic N) is 1. The quantitative estimate of drug-likeness (QED) is 0.221. The molecular weight excluding hydrogens is 671 g/mol. The van der Waals surface area contributed by atoms with Crippen LogP contribution in [0.5, 0.6) is 0 Å². The summed E-state index contributed by atoms with van der Waals surface area (Å²) in [5.41, 5.74) is -1.62. The number of likely N-dealkylation sites (tertiary alicyclic amines) is 1. The SMILES string of the molecule is CCC[C@H](NC(=O)[C@@H]1[C@H]2[C@@H](CN1C(=O)[C@@H](NC(=O)NC1([C@H]3CCCCS3(=O)=O)CCCCC1)C1(C)CCCCC1)C2(C)C)C(=O)C(=O)NC1CC1. The van der Waals surface area contributed by atoms with E-state index < -0.39 is 67.8 Å². The molecule has 12 nitrogen and oxygen atoms in total. The lowest BCUT2D eigenvalue weighted by molar-refractivity contribution is -0.146. The van der Waals surface area contributed by atoms with Crippen LogP contribution in [0.3, 0.4) is 0 Å². The first-order chi connectivity index (χ1) is 24.1. The first kappa shape index (κ1) is 38.0. The van der Waals surface area contributed by atoms with Crippen molar-refractivity contribution < 1.29 is 32.4 Å². The fraction of sp³-hybridized carbons (Fsp3) is 0.868. The van der Waals surface area contributed by atoms with E-state index in [1.807, 2.05) is 13.8 Å². The molecule has 5 amide bonds. The second-order valence-electron chi connectivity index (χ2n) is 17.7. The van der Waals surface area contributed by atoms with Crippen molar-refractivity contribution in [1.82, 2.24) is 26.2 Å². The molecule has 2 heterocycles. The molecule has 0 aromatic carbocycles. The molecule has 13 heteroatoms. The summed E-state index contributed by atoms with van der Waals surface area (Å²) in [4.78, 5) is 70.9. The van der Waals surface area contributed by atoms with Gasteiger partial charge in [-0.2, -0.15) is 0 Å². The van der Waals surface area contributed by atoms with Gasteiger partial charge in [-0.15, -0.1) is 0 Å². The Morgan fingerprint density at radius 2 is 1.47 bits per heavy atom. The van der Waals surface area contributed by atoms with Gasteiger partial charge in [-0.05, 0) is 80.5 Å². The van der Waals surface area contributed by atoms with Crippen molar-refractivity contribution in [2.75, 3.05) is 12.3 Å². The molecule has 0 aromatic heterocycles. The third-order valence-electron chi connectivity index (χ3n) is 13.6. The highest BCUT2D eigenvalue weighted by molar-refractivity contribution is 7.92. The highest BCUT2D eigenvalue weighted by atomic mass is 32.2. The molecular formula is C38H61N5O7S. The summed E-state index contributed by atoms with van der Waals surface area (Å²) in [6.45, 7) is 8.49. The maximum atomic E-state index is 14.9. The van der Waals surface area contributed by atoms with Gasteiger partial charge in [-0.3, -0.25) is 19.2 Å². The minimum absolute atomic E-state index is 0.0123. The second-order valence-corrected chi connectivity index (χ2v) is 20.0. The molecule has 4 saturated carbocycles. The van der Waals surface area contributed by atoms with E-state index in [9.17, 15) is 32.4 Å². The first-order valence-corrected chi connectivity index (χ1v) is 21.6. The number of rotatable bonds is 12. The van der Waals surface area contributed by atoms with Crippen LogP contribution in [0.15, 0.2) is 0 Å². The first-order valence-electron chi connectivity index (χ1n) is 19.9. The smallest absolute Gasteiger partial charge is 0.315 e. The van der Waals surface area contributed by atoms with E-state index in [4.69, 9.17) is 0 Å². The van der Waals surface area contributed by atoms with Gasteiger partial charge in [0.15, 0.2) is 9.84 Å². The Bertz CT molecular complexity index is 1480. The maximum absolute atomic E-state index is 14.9. The van der Waals surface area contributed by atoms with Crippen molar-refractivity contribution in [3.05, 3.63) is 0 Å². The van der Waals surface area contributed by atoms with Crippen LogP contribution in [0.2, 0.25) is 0 Å². The van der Waals surface area contributed by atoms with E-state index >= 15 is 0 Å². The van der Waals surface area contributed by atoms with Crippen molar-refractivity contribution in [2.45, 2.75) is 172 Å². The van der Waals surface area contributed by atoms with E-state index in [1.54, 1.807) is 4.90 Å². The van der Waals surface area contributed by atoms with Crippen LogP contribution < -0.4 is 21.3 Å². The molecule has 6 fully saturated rings. The number of nitrogens with one attached hydrogen (secondary N) is 4. The van der Waals surface area contributed by atoms with Crippen molar-refractivity contribution in [1.29, 1.82) is 0 Å².